The molecule has 0 saturated carbocycles. The highest BCUT2D eigenvalue weighted by Gasteiger charge is 2.18. The Bertz CT molecular complexity index is 625. The molecule has 0 bridgehead atoms. The largest absolute Gasteiger partial charge is 0.496 e. The summed E-state index contributed by atoms with van der Waals surface area (Å²) in [4.78, 5) is 19.4. The van der Waals surface area contributed by atoms with Crippen molar-refractivity contribution in [3.63, 3.8) is 0 Å². The van der Waals surface area contributed by atoms with Gasteiger partial charge in [-0.1, -0.05) is 0 Å². The lowest BCUT2D eigenvalue weighted by Gasteiger charge is -2.18. The van der Waals surface area contributed by atoms with Crippen molar-refractivity contribution in [2.75, 3.05) is 19.9 Å². The maximum absolute atomic E-state index is 12.5. The fourth-order valence-corrected chi connectivity index (χ4v) is 2.68. The fourth-order valence-electron chi connectivity index (χ4n) is 1.86. The first-order valence-corrected chi connectivity index (χ1v) is 6.99. The molecule has 0 aliphatic rings. The number of nitrogen functional groups attached to an aromatic ring is 1. The average Bonchev–Trinajstić information content (AvgIpc) is 2.83. The van der Waals surface area contributed by atoms with Gasteiger partial charge in [0.2, 0.25) is 0 Å². The number of nitrogens with two attached hydrogens (primary N) is 1. The van der Waals surface area contributed by atoms with E-state index in [1.165, 1.54) is 7.11 Å². The Balaban J connectivity index is 2.20. The van der Waals surface area contributed by atoms with Crippen molar-refractivity contribution in [2.24, 2.45) is 0 Å². The van der Waals surface area contributed by atoms with E-state index in [9.17, 15) is 4.79 Å². The number of anilines is 1. The zero-order valence-corrected chi connectivity index (χ0v) is 12.5. The van der Waals surface area contributed by atoms with Crippen LogP contribution in [-0.4, -0.2) is 29.9 Å². The van der Waals surface area contributed by atoms with E-state index in [1.807, 2.05) is 6.92 Å². The molecule has 0 atom stereocenters. The van der Waals surface area contributed by atoms with Gasteiger partial charge in [0, 0.05) is 23.7 Å². The highest BCUT2D eigenvalue weighted by Crippen LogP contribution is 2.24. The minimum Gasteiger partial charge on any atom is -0.496 e. The van der Waals surface area contributed by atoms with Crippen LogP contribution in [0, 0.1) is 6.92 Å². The number of carbonyl (C=O) groups is 1. The highest BCUT2D eigenvalue weighted by molar-refractivity contribution is 7.09. The molecule has 2 rings (SSSR count). The van der Waals surface area contributed by atoms with E-state index in [-0.39, 0.29) is 5.91 Å². The van der Waals surface area contributed by atoms with Crippen LogP contribution in [0.1, 0.15) is 20.9 Å². The van der Waals surface area contributed by atoms with Crippen molar-refractivity contribution in [2.45, 2.75) is 13.5 Å². The van der Waals surface area contributed by atoms with Gasteiger partial charge in [0.25, 0.3) is 5.91 Å². The van der Waals surface area contributed by atoms with Crippen LogP contribution in [0.4, 0.5) is 5.69 Å². The fraction of sp³-hybridized carbons (Fsp3) is 0.286. The summed E-state index contributed by atoms with van der Waals surface area (Å²) < 4.78 is 5.22. The summed E-state index contributed by atoms with van der Waals surface area (Å²) >= 11 is 1.55. The maximum atomic E-state index is 12.5. The van der Waals surface area contributed by atoms with Crippen LogP contribution in [0.5, 0.6) is 5.75 Å². The van der Waals surface area contributed by atoms with Crippen molar-refractivity contribution >= 4 is 22.9 Å². The van der Waals surface area contributed by atoms with E-state index in [0.717, 1.165) is 10.6 Å². The Morgan fingerprint density at radius 1 is 1.50 bits per heavy atom. The minimum atomic E-state index is -0.102. The minimum absolute atomic E-state index is 0.102. The van der Waals surface area contributed by atoms with E-state index < -0.39 is 0 Å². The van der Waals surface area contributed by atoms with Gasteiger partial charge in [-0.2, -0.15) is 0 Å². The van der Waals surface area contributed by atoms with Crippen LogP contribution in [0.25, 0.3) is 0 Å². The van der Waals surface area contributed by atoms with Crippen LogP contribution in [0.15, 0.2) is 23.7 Å². The number of carbonyl (C=O) groups excluding carboxylic acids is 1. The Morgan fingerprint density at radius 3 is 2.85 bits per heavy atom. The molecule has 6 heteroatoms. The molecule has 0 aliphatic carbocycles. The molecular weight excluding hydrogens is 274 g/mol. The van der Waals surface area contributed by atoms with Crippen LogP contribution in [0.2, 0.25) is 0 Å². The Hall–Kier alpha value is -2.08. The van der Waals surface area contributed by atoms with Gasteiger partial charge in [-0.25, -0.2) is 4.98 Å². The molecule has 1 amide bonds. The summed E-state index contributed by atoms with van der Waals surface area (Å²) in [6.07, 6.45) is 0. The van der Waals surface area contributed by atoms with Crippen LogP contribution >= 0.6 is 11.3 Å². The van der Waals surface area contributed by atoms with Gasteiger partial charge in [0.1, 0.15) is 5.75 Å². The van der Waals surface area contributed by atoms with Crippen LogP contribution < -0.4 is 10.5 Å². The van der Waals surface area contributed by atoms with Crippen molar-refractivity contribution in [1.29, 1.82) is 0 Å². The quantitative estimate of drug-likeness (QED) is 0.878. The molecule has 0 aliphatic heterocycles. The number of hydrogen-bond acceptors (Lipinski definition) is 5. The summed E-state index contributed by atoms with van der Waals surface area (Å²) in [5, 5.41) is 0. The van der Waals surface area contributed by atoms with Gasteiger partial charge in [0.15, 0.2) is 0 Å². The number of methoxy groups -OCH3 is 1. The number of aromatic nitrogens is 1. The smallest absolute Gasteiger partial charge is 0.257 e. The van der Waals surface area contributed by atoms with E-state index in [1.54, 1.807) is 47.0 Å². The lowest BCUT2D eigenvalue weighted by atomic mass is 10.1. The van der Waals surface area contributed by atoms with Gasteiger partial charge in [-0.3, -0.25) is 4.79 Å². The molecule has 5 nitrogen and oxygen atoms in total. The molecule has 2 N–H and O–H groups in total. The van der Waals surface area contributed by atoms with E-state index >= 15 is 0 Å². The van der Waals surface area contributed by atoms with E-state index in [0.29, 0.717) is 23.5 Å². The van der Waals surface area contributed by atoms with Crippen LogP contribution in [-0.2, 0) is 6.54 Å². The predicted molar refractivity (Wildman–Crippen MR) is 80.1 cm³/mol. The molecular formula is C14H17N3O2S. The summed E-state index contributed by atoms with van der Waals surface area (Å²) in [5.41, 5.74) is 9.51. The first-order chi connectivity index (χ1) is 9.52. The van der Waals surface area contributed by atoms with Crippen LogP contribution in [0.3, 0.4) is 0 Å². The van der Waals surface area contributed by atoms with E-state index in [4.69, 9.17) is 10.5 Å². The average molecular weight is 291 g/mol. The molecule has 1 aromatic carbocycles. The lowest BCUT2D eigenvalue weighted by Crippen LogP contribution is -2.26. The molecule has 20 heavy (non-hydrogen) atoms. The van der Waals surface area contributed by atoms with Crippen molar-refractivity contribution in [3.8, 4) is 5.75 Å². The number of rotatable bonds is 4. The van der Waals surface area contributed by atoms with Crippen molar-refractivity contribution < 1.29 is 9.53 Å². The lowest BCUT2D eigenvalue weighted by molar-refractivity contribution is 0.0783. The first-order valence-electron chi connectivity index (χ1n) is 6.11. The summed E-state index contributed by atoms with van der Waals surface area (Å²) in [5.74, 6) is 0.387. The van der Waals surface area contributed by atoms with Gasteiger partial charge >= 0.3 is 0 Å². The number of aryl methyl sites for hydroxylation is 1. The Kier molecular flexibility index (Phi) is 4.24. The van der Waals surface area contributed by atoms with Gasteiger partial charge in [-0.15, -0.1) is 11.3 Å². The second-order valence-corrected chi connectivity index (χ2v) is 5.42. The SMILES string of the molecule is COc1cc(N)ccc1C(=O)N(C)Cc1scnc1C. The van der Waals surface area contributed by atoms with Crippen molar-refractivity contribution in [1.82, 2.24) is 9.88 Å². The normalized spacial score (nSPS) is 10.3. The molecule has 0 fully saturated rings. The summed E-state index contributed by atoms with van der Waals surface area (Å²) in [6, 6.07) is 5.03. The predicted octanol–water partition coefficient (Wildman–Crippen LogP) is 2.31. The number of amides is 1. The summed E-state index contributed by atoms with van der Waals surface area (Å²) in [7, 11) is 3.29. The second kappa shape index (κ2) is 5.92. The molecule has 0 saturated heterocycles. The Morgan fingerprint density at radius 2 is 2.25 bits per heavy atom. The third-order valence-electron chi connectivity index (χ3n) is 3.03. The first kappa shape index (κ1) is 14.3. The molecule has 0 radical (unpaired) electrons. The van der Waals surface area contributed by atoms with Crippen molar-refractivity contribution in [3.05, 3.63) is 39.8 Å². The monoisotopic (exact) mass is 291 g/mol. The number of thiazole rings is 1. The molecule has 0 unspecified atom stereocenters. The van der Waals surface area contributed by atoms with Gasteiger partial charge in [-0.05, 0) is 19.1 Å². The zero-order chi connectivity index (χ0) is 14.7. The summed E-state index contributed by atoms with van der Waals surface area (Å²) in [6.45, 7) is 2.47. The number of nitrogens with zero attached hydrogens (tertiary/aromatic N) is 2. The maximum Gasteiger partial charge on any atom is 0.257 e. The molecule has 1 heterocycles. The zero-order valence-electron chi connectivity index (χ0n) is 11.7. The van der Waals surface area contributed by atoms with E-state index in [2.05, 4.69) is 4.98 Å². The highest BCUT2D eigenvalue weighted by atomic mass is 32.1. The molecule has 2 aromatic rings. The molecule has 1 aromatic heterocycles. The molecule has 106 valence electrons. The third-order valence-corrected chi connectivity index (χ3v) is 3.95. The third kappa shape index (κ3) is 2.91. The topological polar surface area (TPSA) is 68.5 Å². The number of ether oxygens (including phenoxy) is 1. The number of hydrogen-bond donors (Lipinski definition) is 1. The molecule has 0 spiro atoms. The Labute approximate surface area is 122 Å². The second-order valence-electron chi connectivity index (χ2n) is 4.48. The number of benzene rings is 1. The van der Waals surface area contributed by atoms with Gasteiger partial charge < -0.3 is 15.4 Å². The standard InChI is InChI=1S/C14H17N3O2S/c1-9-13(20-8-16-9)7-17(2)14(18)11-5-4-10(15)6-12(11)19-3/h4-6,8H,7,15H2,1-3H3. The van der Waals surface area contributed by atoms with Gasteiger partial charge in [0.05, 0.1) is 30.4 Å².